The summed E-state index contributed by atoms with van der Waals surface area (Å²) in [6.07, 6.45) is 2.09. The summed E-state index contributed by atoms with van der Waals surface area (Å²) in [7, 11) is 0. The van der Waals surface area contributed by atoms with Gasteiger partial charge in [-0.1, -0.05) is 60.2 Å². The van der Waals surface area contributed by atoms with E-state index in [2.05, 4.69) is 85.1 Å². The Kier molecular flexibility index (Phi) is 5.67. The summed E-state index contributed by atoms with van der Waals surface area (Å²) in [5.74, 6) is 0. The van der Waals surface area contributed by atoms with Gasteiger partial charge in [0.05, 0.1) is 0 Å². The monoisotopic (exact) mass is 348 g/mol. The van der Waals surface area contributed by atoms with Crippen molar-refractivity contribution < 1.29 is 0 Å². The molecule has 0 aliphatic rings. The Morgan fingerprint density at radius 2 is 1.76 bits per heavy atom. The number of hydrogen-bond acceptors (Lipinski definition) is 1. The van der Waals surface area contributed by atoms with Crippen LogP contribution in [0.3, 0.4) is 0 Å². The topological polar surface area (TPSA) is 24.1 Å². The molecule has 2 N–H and O–H groups in total. The second-order valence-corrected chi connectivity index (χ2v) is 6.85. The average Bonchev–Trinajstić information content (AvgIpc) is 2.61. The highest BCUT2D eigenvalue weighted by Gasteiger charge is 2.03. The van der Waals surface area contributed by atoms with E-state index in [0.29, 0.717) is 5.11 Å². The summed E-state index contributed by atoms with van der Waals surface area (Å²) in [6.45, 7) is 5.05. The zero-order valence-corrected chi connectivity index (χ0v) is 15.6. The number of benzene rings is 3. The Morgan fingerprint density at radius 1 is 0.960 bits per heavy atom. The molecule has 0 radical (unpaired) electrons. The van der Waals surface area contributed by atoms with E-state index in [4.69, 9.17) is 12.2 Å². The lowest BCUT2D eigenvalue weighted by Gasteiger charge is -2.13. The Bertz CT molecular complexity index is 881. The molecule has 0 aliphatic carbocycles. The van der Waals surface area contributed by atoms with Crippen LogP contribution < -0.4 is 10.6 Å². The van der Waals surface area contributed by atoms with E-state index in [0.717, 1.165) is 25.1 Å². The Labute approximate surface area is 155 Å². The molecule has 2 nitrogen and oxygen atoms in total. The molecule has 3 heteroatoms. The van der Waals surface area contributed by atoms with Crippen LogP contribution in [0.2, 0.25) is 0 Å². The van der Waals surface area contributed by atoms with Crippen molar-refractivity contribution in [3.8, 4) is 0 Å². The van der Waals surface area contributed by atoms with Crippen molar-refractivity contribution in [1.29, 1.82) is 0 Å². The molecule has 25 heavy (non-hydrogen) atoms. The predicted octanol–water partition coefficient (Wildman–Crippen LogP) is 5.38. The van der Waals surface area contributed by atoms with Crippen LogP contribution in [0.5, 0.6) is 0 Å². The molecule has 0 heterocycles. The predicted molar refractivity (Wildman–Crippen MR) is 112 cm³/mol. The van der Waals surface area contributed by atoms with Crippen molar-refractivity contribution in [1.82, 2.24) is 5.32 Å². The second-order valence-electron chi connectivity index (χ2n) is 6.44. The van der Waals surface area contributed by atoms with Gasteiger partial charge in [0.1, 0.15) is 0 Å². The number of fused-ring (bicyclic) bond motifs is 1. The molecule has 3 aromatic rings. The molecule has 0 bridgehead atoms. The Balaban J connectivity index is 1.50. The summed E-state index contributed by atoms with van der Waals surface area (Å²) in [5, 5.41) is 9.94. The van der Waals surface area contributed by atoms with Crippen LogP contribution in [0, 0.1) is 13.8 Å². The fourth-order valence-electron chi connectivity index (χ4n) is 3.11. The van der Waals surface area contributed by atoms with Gasteiger partial charge in [0.25, 0.3) is 0 Å². The SMILES string of the molecule is Cc1ccc(NC(=S)NCCCc2cccc3ccccc23)c(C)c1. The minimum atomic E-state index is 0.685. The highest BCUT2D eigenvalue weighted by molar-refractivity contribution is 7.80. The number of nitrogens with one attached hydrogen (secondary N) is 2. The first-order valence-corrected chi connectivity index (χ1v) is 9.13. The molecule has 128 valence electrons. The lowest BCUT2D eigenvalue weighted by Crippen LogP contribution is -2.29. The molecule has 3 rings (SSSR count). The van der Waals surface area contributed by atoms with Gasteiger partial charge in [0, 0.05) is 12.2 Å². The first kappa shape index (κ1) is 17.4. The van der Waals surface area contributed by atoms with Gasteiger partial charge in [0.2, 0.25) is 0 Å². The van der Waals surface area contributed by atoms with Gasteiger partial charge in [-0.2, -0.15) is 0 Å². The summed E-state index contributed by atoms with van der Waals surface area (Å²) >= 11 is 5.41. The maximum Gasteiger partial charge on any atom is 0.170 e. The fourth-order valence-corrected chi connectivity index (χ4v) is 3.32. The third kappa shape index (κ3) is 4.58. The maximum atomic E-state index is 5.41. The molecule has 0 saturated carbocycles. The Morgan fingerprint density at radius 3 is 2.60 bits per heavy atom. The summed E-state index contributed by atoms with van der Waals surface area (Å²) in [6, 6.07) is 21.4. The summed E-state index contributed by atoms with van der Waals surface area (Å²) in [5.41, 5.74) is 4.93. The lowest BCUT2D eigenvalue weighted by molar-refractivity contribution is 0.780. The number of anilines is 1. The van der Waals surface area contributed by atoms with Crippen molar-refractivity contribution in [2.24, 2.45) is 0 Å². The molecule has 0 spiro atoms. The van der Waals surface area contributed by atoms with Crippen LogP contribution in [-0.2, 0) is 6.42 Å². The van der Waals surface area contributed by atoms with Crippen LogP contribution in [0.4, 0.5) is 5.69 Å². The van der Waals surface area contributed by atoms with Crippen LogP contribution in [0.25, 0.3) is 10.8 Å². The molecule has 0 aromatic heterocycles. The van der Waals surface area contributed by atoms with E-state index in [1.165, 1.54) is 27.5 Å². The van der Waals surface area contributed by atoms with Gasteiger partial charge in [-0.15, -0.1) is 0 Å². The lowest BCUT2D eigenvalue weighted by atomic mass is 10.0. The third-order valence-electron chi connectivity index (χ3n) is 4.42. The van der Waals surface area contributed by atoms with Gasteiger partial charge in [-0.3, -0.25) is 0 Å². The first-order valence-electron chi connectivity index (χ1n) is 8.72. The molecule has 0 atom stereocenters. The normalized spacial score (nSPS) is 10.6. The van der Waals surface area contributed by atoms with Crippen molar-refractivity contribution >= 4 is 33.8 Å². The van der Waals surface area contributed by atoms with Crippen molar-refractivity contribution in [2.75, 3.05) is 11.9 Å². The smallest absolute Gasteiger partial charge is 0.170 e. The van der Waals surface area contributed by atoms with Crippen LogP contribution in [0.15, 0.2) is 60.7 Å². The maximum absolute atomic E-state index is 5.41. The van der Waals surface area contributed by atoms with E-state index in [1.807, 2.05) is 0 Å². The van der Waals surface area contributed by atoms with E-state index < -0.39 is 0 Å². The number of rotatable bonds is 5. The van der Waals surface area contributed by atoms with Gasteiger partial charge >= 0.3 is 0 Å². The van der Waals surface area contributed by atoms with Gasteiger partial charge in [-0.25, -0.2) is 0 Å². The third-order valence-corrected chi connectivity index (χ3v) is 4.66. The van der Waals surface area contributed by atoms with Gasteiger partial charge in [0.15, 0.2) is 5.11 Å². The number of thiocarbonyl (C=S) groups is 1. The summed E-state index contributed by atoms with van der Waals surface area (Å²) in [4.78, 5) is 0. The Hall–Kier alpha value is -2.39. The molecular weight excluding hydrogens is 324 g/mol. The van der Waals surface area contributed by atoms with Crippen LogP contribution in [0.1, 0.15) is 23.1 Å². The molecule has 0 amide bonds. The minimum Gasteiger partial charge on any atom is -0.362 e. The highest BCUT2D eigenvalue weighted by Crippen LogP contribution is 2.19. The van der Waals surface area contributed by atoms with Crippen molar-refractivity contribution in [3.63, 3.8) is 0 Å². The fraction of sp³-hybridized carbons (Fsp3) is 0.227. The molecule has 0 unspecified atom stereocenters. The van der Waals surface area contributed by atoms with Gasteiger partial charge in [-0.05, 0) is 66.9 Å². The molecule has 0 aliphatic heterocycles. The molecule has 0 fully saturated rings. The quantitative estimate of drug-likeness (QED) is 0.478. The summed E-state index contributed by atoms with van der Waals surface area (Å²) < 4.78 is 0. The van der Waals surface area contributed by atoms with Gasteiger partial charge < -0.3 is 10.6 Å². The highest BCUT2D eigenvalue weighted by atomic mass is 32.1. The number of hydrogen-bond donors (Lipinski definition) is 2. The zero-order valence-electron chi connectivity index (χ0n) is 14.8. The van der Waals surface area contributed by atoms with Crippen molar-refractivity contribution in [2.45, 2.75) is 26.7 Å². The second kappa shape index (κ2) is 8.13. The molecule has 3 aromatic carbocycles. The van der Waals surface area contributed by atoms with Crippen LogP contribution in [-0.4, -0.2) is 11.7 Å². The van der Waals surface area contributed by atoms with E-state index in [-0.39, 0.29) is 0 Å². The van der Waals surface area contributed by atoms with E-state index >= 15 is 0 Å². The standard InChI is InChI=1S/C22H24N2S/c1-16-12-13-21(17(2)15-16)24-22(25)23-14-6-10-19-9-5-8-18-7-3-4-11-20(18)19/h3-5,7-9,11-13,15H,6,10,14H2,1-2H3,(H2,23,24,25). The van der Waals surface area contributed by atoms with E-state index in [9.17, 15) is 0 Å². The average molecular weight is 349 g/mol. The molecular formula is C22H24N2S. The largest absolute Gasteiger partial charge is 0.362 e. The first-order chi connectivity index (χ1) is 12.1. The zero-order chi connectivity index (χ0) is 17.6. The minimum absolute atomic E-state index is 0.685. The van der Waals surface area contributed by atoms with E-state index in [1.54, 1.807) is 0 Å². The molecule has 0 saturated heterocycles. The van der Waals surface area contributed by atoms with Crippen molar-refractivity contribution in [3.05, 3.63) is 77.4 Å². The van der Waals surface area contributed by atoms with Crippen LogP contribution >= 0.6 is 12.2 Å². The number of aryl methyl sites for hydroxylation is 3.